The zero-order valence-corrected chi connectivity index (χ0v) is 16.4. The summed E-state index contributed by atoms with van der Waals surface area (Å²) in [6.45, 7) is 4.16. The van der Waals surface area contributed by atoms with E-state index < -0.39 is 0 Å². The second kappa shape index (κ2) is 9.37. The highest BCUT2D eigenvalue weighted by Crippen LogP contribution is 2.19. The molecular weight excluding hydrogens is 358 g/mol. The van der Waals surface area contributed by atoms with Gasteiger partial charge < -0.3 is 4.42 Å². The van der Waals surface area contributed by atoms with Crippen LogP contribution in [0.5, 0.6) is 0 Å². The van der Waals surface area contributed by atoms with E-state index in [4.69, 9.17) is 4.42 Å². The summed E-state index contributed by atoms with van der Waals surface area (Å²) >= 11 is 1.74. The molecule has 0 unspecified atom stereocenters. The molecule has 1 amide bonds. The monoisotopic (exact) mass is 381 g/mol. The van der Waals surface area contributed by atoms with E-state index in [1.54, 1.807) is 11.8 Å². The van der Waals surface area contributed by atoms with Crippen LogP contribution in [0.4, 0.5) is 6.01 Å². The number of rotatable bonds is 8. The molecule has 5 nitrogen and oxygen atoms in total. The summed E-state index contributed by atoms with van der Waals surface area (Å²) in [7, 11) is 0. The molecule has 0 aliphatic heterocycles. The van der Waals surface area contributed by atoms with E-state index in [1.165, 1.54) is 16.0 Å². The molecule has 0 radical (unpaired) electrons. The Hall–Kier alpha value is -2.60. The quantitative estimate of drug-likeness (QED) is 0.449. The molecule has 140 valence electrons. The largest absolute Gasteiger partial charge is 0.407 e. The van der Waals surface area contributed by atoms with Crippen LogP contribution in [0, 0.1) is 13.8 Å². The molecule has 3 aromatic rings. The van der Waals surface area contributed by atoms with Gasteiger partial charge in [0.1, 0.15) is 0 Å². The lowest BCUT2D eigenvalue weighted by Crippen LogP contribution is -2.11. The summed E-state index contributed by atoms with van der Waals surface area (Å²) in [4.78, 5) is 13.2. The van der Waals surface area contributed by atoms with E-state index in [0.29, 0.717) is 18.7 Å². The number of carbonyl (C=O) groups excluding carboxylic acids is 1. The van der Waals surface area contributed by atoms with E-state index in [1.807, 2.05) is 18.2 Å². The number of amides is 1. The second-order valence-electron chi connectivity index (χ2n) is 6.41. The molecule has 1 heterocycles. The van der Waals surface area contributed by atoms with Crippen molar-refractivity contribution in [2.24, 2.45) is 0 Å². The number of benzene rings is 2. The molecule has 3 rings (SSSR count). The van der Waals surface area contributed by atoms with Gasteiger partial charge in [-0.2, -0.15) is 0 Å². The van der Waals surface area contributed by atoms with Crippen molar-refractivity contribution in [2.45, 2.75) is 38.0 Å². The van der Waals surface area contributed by atoms with Gasteiger partial charge in [-0.3, -0.25) is 10.1 Å². The molecule has 0 saturated heterocycles. The van der Waals surface area contributed by atoms with Crippen molar-refractivity contribution in [2.75, 3.05) is 11.1 Å². The molecule has 0 spiro atoms. The number of aryl methyl sites for hydroxylation is 2. The van der Waals surface area contributed by atoms with Gasteiger partial charge in [0.05, 0.1) is 6.42 Å². The van der Waals surface area contributed by atoms with E-state index in [2.05, 4.69) is 59.7 Å². The van der Waals surface area contributed by atoms with Crippen molar-refractivity contribution in [1.29, 1.82) is 0 Å². The van der Waals surface area contributed by atoms with Gasteiger partial charge in [0.25, 0.3) is 0 Å². The number of nitrogens with one attached hydrogen (secondary N) is 1. The highest BCUT2D eigenvalue weighted by molar-refractivity contribution is 7.99. The fourth-order valence-electron chi connectivity index (χ4n) is 2.58. The maximum Gasteiger partial charge on any atom is 0.322 e. The van der Waals surface area contributed by atoms with Crippen LogP contribution < -0.4 is 5.32 Å². The summed E-state index contributed by atoms with van der Waals surface area (Å²) in [5.41, 5.74) is 3.59. The average molecular weight is 382 g/mol. The van der Waals surface area contributed by atoms with Gasteiger partial charge in [-0.15, -0.1) is 16.9 Å². The minimum Gasteiger partial charge on any atom is -0.407 e. The lowest BCUT2D eigenvalue weighted by molar-refractivity contribution is -0.116. The fourth-order valence-corrected chi connectivity index (χ4v) is 3.46. The number of aromatic nitrogens is 2. The van der Waals surface area contributed by atoms with E-state index in [0.717, 1.165) is 17.7 Å². The molecule has 0 aliphatic carbocycles. The molecule has 6 heteroatoms. The van der Waals surface area contributed by atoms with Crippen LogP contribution in [-0.4, -0.2) is 21.9 Å². The minimum absolute atomic E-state index is 0.106. The number of nitrogens with zero attached hydrogens (tertiary/aromatic N) is 2. The maximum absolute atomic E-state index is 12.0. The molecule has 0 atom stereocenters. The molecule has 0 aliphatic rings. The first-order valence-corrected chi connectivity index (χ1v) is 9.95. The third kappa shape index (κ3) is 5.96. The number of hydrogen-bond donors (Lipinski definition) is 1. The molecular formula is C21H23N3O2S. The van der Waals surface area contributed by atoms with Crippen LogP contribution in [0.1, 0.15) is 35.4 Å². The Balaban J connectivity index is 1.42. The second-order valence-corrected chi connectivity index (χ2v) is 7.58. The predicted octanol–water partition coefficient (Wildman–Crippen LogP) is 4.79. The maximum atomic E-state index is 12.0. The average Bonchev–Trinajstić information content (AvgIpc) is 3.09. The third-order valence-corrected chi connectivity index (χ3v) is 5.30. The minimum atomic E-state index is -0.106. The van der Waals surface area contributed by atoms with Crippen molar-refractivity contribution in [1.82, 2.24) is 10.2 Å². The first-order chi connectivity index (χ1) is 13.1. The molecule has 0 saturated carbocycles. The summed E-state index contributed by atoms with van der Waals surface area (Å²) in [5, 5.41) is 10.6. The van der Waals surface area contributed by atoms with Gasteiger partial charge in [-0.25, -0.2) is 0 Å². The van der Waals surface area contributed by atoms with Gasteiger partial charge in [0.2, 0.25) is 11.8 Å². The van der Waals surface area contributed by atoms with Crippen LogP contribution >= 0.6 is 11.8 Å². The smallest absolute Gasteiger partial charge is 0.322 e. The van der Waals surface area contributed by atoms with Crippen molar-refractivity contribution >= 4 is 23.7 Å². The first-order valence-electron chi connectivity index (χ1n) is 8.96. The predicted molar refractivity (Wildman–Crippen MR) is 108 cm³/mol. The van der Waals surface area contributed by atoms with Gasteiger partial charge in [-0.05, 0) is 54.8 Å². The Bertz CT molecular complexity index is 893. The van der Waals surface area contributed by atoms with Crippen molar-refractivity contribution in [3.05, 3.63) is 71.1 Å². The molecule has 2 aromatic carbocycles. The Morgan fingerprint density at radius 1 is 1.07 bits per heavy atom. The SMILES string of the molecule is Cc1ccc(Cc2nnc(NC(=O)CCCSc3ccccc3)o2)cc1C. The third-order valence-electron chi connectivity index (χ3n) is 4.20. The molecule has 1 aromatic heterocycles. The summed E-state index contributed by atoms with van der Waals surface area (Å²) < 4.78 is 5.54. The number of thioether (sulfide) groups is 1. The Morgan fingerprint density at radius 2 is 1.89 bits per heavy atom. The summed E-state index contributed by atoms with van der Waals surface area (Å²) in [6, 6.07) is 16.6. The van der Waals surface area contributed by atoms with Crippen molar-refractivity contribution in [3.63, 3.8) is 0 Å². The molecule has 27 heavy (non-hydrogen) atoms. The normalized spacial score (nSPS) is 10.7. The van der Waals surface area contributed by atoms with Crippen LogP contribution in [0.25, 0.3) is 0 Å². The number of hydrogen-bond acceptors (Lipinski definition) is 5. The van der Waals surface area contributed by atoms with E-state index in [9.17, 15) is 4.79 Å². The van der Waals surface area contributed by atoms with Crippen LogP contribution in [0.3, 0.4) is 0 Å². The van der Waals surface area contributed by atoms with E-state index >= 15 is 0 Å². The standard InChI is InChI=1S/C21H23N3O2S/c1-15-10-11-17(13-16(15)2)14-20-23-24-21(26-20)22-19(25)9-6-12-27-18-7-4-3-5-8-18/h3-5,7-8,10-11,13H,6,9,12,14H2,1-2H3,(H,22,24,25). The number of carbonyl (C=O) groups is 1. The lowest BCUT2D eigenvalue weighted by Gasteiger charge is -2.03. The van der Waals surface area contributed by atoms with Gasteiger partial charge in [0.15, 0.2) is 0 Å². The van der Waals surface area contributed by atoms with Crippen molar-refractivity contribution < 1.29 is 9.21 Å². The zero-order chi connectivity index (χ0) is 19.1. The molecule has 0 fully saturated rings. The van der Waals surface area contributed by atoms with Crippen molar-refractivity contribution in [3.8, 4) is 0 Å². The molecule has 0 bridgehead atoms. The lowest BCUT2D eigenvalue weighted by atomic mass is 10.0. The Labute approximate surface area is 163 Å². The summed E-state index contributed by atoms with van der Waals surface area (Å²) in [5.74, 6) is 1.28. The topological polar surface area (TPSA) is 68.0 Å². The van der Waals surface area contributed by atoms with E-state index in [-0.39, 0.29) is 11.9 Å². The van der Waals surface area contributed by atoms with Crippen LogP contribution in [-0.2, 0) is 11.2 Å². The highest BCUT2D eigenvalue weighted by atomic mass is 32.2. The number of anilines is 1. The van der Waals surface area contributed by atoms with Gasteiger partial charge in [-0.1, -0.05) is 41.5 Å². The zero-order valence-electron chi connectivity index (χ0n) is 15.6. The fraction of sp³-hybridized carbons (Fsp3) is 0.286. The Kier molecular flexibility index (Phi) is 6.65. The Morgan fingerprint density at radius 3 is 2.67 bits per heavy atom. The van der Waals surface area contributed by atoms with Crippen LogP contribution in [0.15, 0.2) is 57.8 Å². The van der Waals surface area contributed by atoms with Crippen LogP contribution in [0.2, 0.25) is 0 Å². The first kappa shape index (κ1) is 19.2. The van der Waals surface area contributed by atoms with Gasteiger partial charge >= 0.3 is 6.01 Å². The summed E-state index contributed by atoms with van der Waals surface area (Å²) in [6.07, 6.45) is 1.77. The molecule has 1 N–H and O–H groups in total. The van der Waals surface area contributed by atoms with Gasteiger partial charge in [0, 0.05) is 11.3 Å². The highest BCUT2D eigenvalue weighted by Gasteiger charge is 2.10.